The predicted octanol–water partition coefficient (Wildman–Crippen LogP) is 2.93. The first-order valence-electron chi connectivity index (χ1n) is 12.0. The molecular formula is C24H32N6O6S. The van der Waals surface area contributed by atoms with Gasteiger partial charge >= 0.3 is 0 Å². The third-order valence-corrected chi connectivity index (χ3v) is 7.68. The van der Waals surface area contributed by atoms with Gasteiger partial charge in [0.15, 0.2) is 11.6 Å². The third-order valence-electron chi connectivity index (χ3n) is 5.99. The first-order chi connectivity index (χ1) is 17.8. The maximum absolute atomic E-state index is 13.6. The second kappa shape index (κ2) is 11.4. The molecule has 3 atom stereocenters. The van der Waals surface area contributed by atoms with Gasteiger partial charge in [-0.1, -0.05) is 6.92 Å². The Morgan fingerprint density at radius 3 is 2.65 bits per heavy atom. The number of hydrogen-bond acceptors (Lipinski definition) is 10. The van der Waals surface area contributed by atoms with Crippen molar-refractivity contribution < 1.29 is 27.4 Å². The molecule has 0 aliphatic carbocycles. The molecule has 1 N–H and O–H groups in total. The van der Waals surface area contributed by atoms with Crippen LogP contribution in [0.25, 0.3) is 11.4 Å². The molecule has 3 heterocycles. The maximum Gasteiger partial charge on any atom is 0.240 e. The molecule has 0 amide bonds. The highest BCUT2D eigenvalue weighted by Crippen LogP contribution is 2.38. The van der Waals surface area contributed by atoms with Gasteiger partial charge in [0.05, 0.1) is 25.3 Å². The summed E-state index contributed by atoms with van der Waals surface area (Å²) < 4.78 is 54.2. The predicted molar refractivity (Wildman–Crippen MR) is 136 cm³/mol. The summed E-state index contributed by atoms with van der Waals surface area (Å²) in [4.78, 5) is 8.63. The molecule has 4 rings (SSSR count). The van der Waals surface area contributed by atoms with Crippen LogP contribution in [0.4, 0.5) is 5.95 Å². The van der Waals surface area contributed by atoms with E-state index in [1.807, 2.05) is 13.8 Å². The number of hydrogen-bond donors (Lipinski definition) is 1. The van der Waals surface area contributed by atoms with Gasteiger partial charge in [0, 0.05) is 26.1 Å². The van der Waals surface area contributed by atoms with Gasteiger partial charge < -0.3 is 18.9 Å². The lowest BCUT2D eigenvalue weighted by molar-refractivity contribution is 0.0466. The van der Waals surface area contributed by atoms with Gasteiger partial charge in [0.2, 0.25) is 16.0 Å². The fourth-order valence-electron chi connectivity index (χ4n) is 4.00. The summed E-state index contributed by atoms with van der Waals surface area (Å²) in [6.45, 7) is 6.19. The van der Waals surface area contributed by atoms with Crippen molar-refractivity contribution in [3.63, 3.8) is 0 Å². The van der Waals surface area contributed by atoms with E-state index in [0.29, 0.717) is 41.7 Å². The number of nitrogens with zero attached hydrogens (tertiary/aromatic N) is 5. The summed E-state index contributed by atoms with van der Waals surface area (Å²) in [6, 6.07) is 4.94. The molecule has 1 aliphatic heterocycles. The van der Waals surface area contributed by atoms with Crippen molar-refractivity contribution in [1.29, 1.82) is 0 Å². The number of rotatable bonds is 11. The Kier molecular flexibility index (Phi) is 8.25. The Morgan fingerprint density at radius 1 is 1.22 bits per heavy atom. The number of methoxy groups -OCH3 is 2. The Hall–Kier alpha value is -3.29. The molecule has 13 heteroatoms. The summed E-state index contributed by atoms with van der Waals surface area (Å²) in [5, 5.41) is 7.47. The van der Waals surface area contributed by atoms with Crippen molar-refractivity contribution in [3.05, 3.63) is 42.0 Å². The topological polar surface area (TPSA) is 140 Å². The van der Waals surface area contributed by atoms with Crippen LogP contribution in [0.2, 0.25) is 0 Å². The third kappa shape index (κ3) is 5.68. The largest absolute Gasteiger partial charge is 0.497 e. The number of sulfonamides is 1. The van der Waals surface area contributed by atoms with Crippen LogP contribution >= 0.6 is 0 Å². The van der Waals surface area contributed by atoms with Crippen LogP contribution < -0.4 is 14.2 Å². The van der Waals surface area contributed by atoms with Crippen LogP contribution in [-0.2, 0) is 19.5 Å². The number of benzene rings is 1. The van der Waals surface area contributed by atoms with Gasteiger partial charge in [0.1, 0.15) is 29.5 Å². The molecule has 0 fully saturated rings. The molecule has 0 radical (unpaired) electrons. The lowest BCUT2D eigenvalue weighted by atomic mass is 10.1. The summed E-state index contributed by atoms with van der Waals surface area (Å²) in [5.41, 5.74) is 1.49. The van der Waals surface area contributed by atoms with Crippen LogP contribution in [-0.4, -0.2) is 72.4 Å². The number of fused-ring (bicyclic) bond motifs is 3. The quantitative estimate of drug-likeness (QED) is 0.392. The molecule has 0 spiro atoms. The first kappa shape index (κ1) is 26.8. The molecule has 2 aromatic heterocycles. The summed E-state index contributed by atoms with van der Waals surface area (Å²) in [6.07, 6.45) is 3.10. The van der Waals surface area contributed by atoms with Crippen molar-refractivity contribution in [1.82, 2.24) is 24.7 Å². The average molecular weight is 533 g/mol. The molecule has 0 unspecified atom stereocenters. The summed E-state index contributed by atoms with van der Waals surface area (Å²) in [5.74, 6) is 1.96. The van der Waals surface area contributed by atoms with E-state index in [9.17, 15) is 8.42 Å². The average Bonchev–Trinajstić information content (AvgIpc) is 3.22. The van der Waals surface area contributed by atoms with E-state index in [2.05, 4.69) is 24.9 Å². The van der Waals surface area contributed by atoms with Crippen LogP contribution in [0, 0.1) is 6.92 Å². The van der Waals surface area contributed by atoms with E-state index in [0.717, 1.165) is 5.56 Å². The molecule has 1 aliphatic rings. The van der Waals surface area contributed by atoms with Crippen molar-refractivity contribution in [3.8, 4) is 22.9 Å². The van der Waals surface area contributed by atoms with Crippen molar-refractivity contribution in [2.24, 2.45) is 0 Å². The Bertz CT molecular complexity index is 1310. The van der Waals surface area contributed by atoms with Crippen molar-refractivity contribution >= 4 is 16.0 Å². The highest BCUT2D eigenvalue weighted by atomic mass is 32.2. The highest BCUT2D eigenvalue weighted by molar-refractivity contribution is 7.93. The fourth-order valence-corrected chi connectivity index (χ4v) is 5.11. The van der Waals surface area contributed by atoms with Crippen LogP contribution in [0.3, 0.4) is 0 Å². The Morgan fingerprint density at radius 2 is 1.97 bits per heavy atom. The molecule has 3 aromatic rings. The Balaban J connectivity index is 1.71. The van der Waals surface area contributed by atoms with Gasteiger partial charge in [-0.2, -0.15) is 0 Å². The van der Waals surface area contributed by atoms with E-state index >= 15 is 0 Å². The minimum absolute atomic E-state index is 0.0437. The van der Waals surface area contributed by atoms with E-state index in [1.54, 1.807) is 56.3 Å². The first-order valence-corrected chi connectivity index (χ1v) is 13.5. The number of nitrogens with one attached hydrogen (secondary N) is 1. The van der Waals surface area contributed by atoms with E-state index < -0.39 is 27.4 Å². The lowest BCUT2D eigenvalue weighted by Gasteiger charge is -2.24. The summed E-state index contributed by atoms with van der Waals surface area (Å²) in [7, 11) is -0.903. The Labute approximate surface area is 216 Å². The number of aromatic nitrogens is 5. The zero-order valence-electron chi connectivity index (χ0n) is 21.5. The van der Waals surface area contributed by atoms with Crippen LogP contribution in [0.1, 0.15) is 43.8 Å². The molecule has 37 heavy (non-hydrogen) atoms. The zero-order valence-corrected chi connectivity index (χ0v) is 22.4. The fraction of sp³-hybridized carbons (Fsp3) is 0.500. The SMILES string of the molecule is CCCO[C@@H](c1ncc(C)cn1)[C@H](C)S(=O)(=O)Nc1nnc2n1[C@@H](COC)COc1ccc(OC)cc1-2. The van der Waals surface area contributed by atoms with Crippen molar-refractivity contribution in [2.75, 3.05) is 38.8 Å². The monoisotopic (exact) mass is 532 g/mol. The number of ether oxygens (including phenoxy) is 4. The number of anilines is 1. The van der Waals surface area contributed by atoms with E-state index in [4.69, 9.17) is 18.9 Å². The summed E-state index contributed by atoms with van der Waals surface area (Å²) >= 11 is 0. The minimum atomic E-state index is -4.03. The van der Waals surface area contributed by atoms with Gasteiger partial charge in [0.25, 0.3) is 0 Å². The molecule has 200 valence electrons. The molecule has 12 nitrogen and oxygen atoms in total. The van der Waals surface area contributed by atoms with Crippen LogP contribution in [0.15, 0.2) is 30.6 Å². The molecule has 0 saturated heterocycles. The highest BCUT2D eigenvalue weighted by Gasteiger charge is 2.36. The second-order valence-corrected chi connectivity index (χ2v) is 10.8. The zero-order chi connectivity index (χ0) is 26.6. The molecule has 0 bridgehead atoms. The van der Waals surface area contributed by atoms with E-state index in [-0.39, 0.29) is 19.2 Å². The number of aryl methyl sites for hydroxylation is 1. The molecule has 0 saturated carbocycles. The van der Waals surface area contributed by atoms with Gasteiger partial charge in [-0.3, -0.25) is 9.29 Å². The van der Waals surface area contributed by atoms with Gasteiger partial charge in [-0.05, 0) is 44.0 Å². The van der Waals surface area contributed by atoms with E-state index in [1.165, 1.54) is 0 Å². The standard InChI is InChI=1S/C24H32N6O6S/c1-6-9-35-21(22-25-11-15(2)12-26-22)16(3)37(31,32)29-24-28-27-23-19-10-18(34-5)7-8-20(19)36-14-17(13-33-4)30(23)24/h7-8,10-12,16-17,21H,6,9,13-14H2,1-5H3,(H,28,29)/t16-,17-,21+/m0/s1. The van der Waals surface area contributed by atoms with Crippen LogP contribution in [0.5, 0.6) is 11.5 Å². The minimum Gasteiger partial charge on any atom is -0.497 e. The smallest absolute Gasteiger partial charge is 0.240 e. The maximum atomic E-state index is 13.6. The van der Waals surface area contributed by atoms with Crippen molar-refractivity contribution in [2.45, 2.75) is 44.6 Å². The molecule has 1 aromatic carbocycles. The normalized spacial score (nSPS) is 16.6. The van der Waals surface area contributed by atoms with Gasteiger partial charge in [-0.15, -0.1) is 10.2 Å². The molecular weight excluding hydrogens is 500 g/mol. The second-order valence-electron chi connectivity index (χ2n) is 8.76. The van der Waals surface area contributed by atoms with Gasteiger partial charge in [-0.25, -0.2) is 18.4 Å². The lowest BCUT2D eigenvalue weighted by Crippen LogP contribution is -2.35.